The molecule has 3 heterocycles. The number of nitrogens with two attached hydrogens (primary N) is 1. The molecular weight excluding hydrogens is 573 g/mol. The van der Waals surface area contributed by atoms with Crippen LogP contribution in [-0.2, 0) is 29.1 Å². The van der Waals surface area contributed by atoms with E-state index in [1.807, 2.05) is 30.3 Å². The van der Waals surface area contributed by atoms with Crippen molar-refractivity contribution >= 4 is 44.5 Å². The highest BCUT2D eigenvalue weighted by Crippen LogP contribution is 2.33. The Labute approximate surface area is 250 Å². The lowest BCUT2D eigenvalue weighted by molar-refractivity contribution is -0.157. The number of carbonyl (C=O) groups excluding carboxylic acids is 3. The highest BCUT2D eigenvalue weighted by atomic mass is 32.1. The Morgan fingerprint density at radius 2 is 1.86 bits per heavy atom. The first-order valence-electron chi connectivity index (χ1n) is 13.7. The molecule has 43 heavy (non-hydrogen) atoms. The number of hydrazine groups is 1. The van der Waals surface area contributed by atoms with E-state index in [9.17, 15) is 23.9 Å². The zero-order valence-electron chi connectivity index (χ0n) is 23.3. The summed E-state index contributed by atoms with van der Waals surface area (Å²) in [6.07, 6.45) is -0.422. The maximum absolute atomic E-state index is 14.5. The number of piperazine rings is 1. The highest BCUT2D eigenvalue weighted by molar-refractivity contribution is 7.22. The predicted molar refractivity (Wildman–Crippen MR) is 159 cm³/mol. The topological polar surface area (TPSA) is 135 Å². The number of anilines is 1. The number of carbonyl (C=O) groups is 3. The number of halogens is 1. The fraction of sp³-hybridized carbons (Fsp3) is 0.267. The molecule has 0 unspecified atom stereocenters. The highest BCUT2D eigenvalue weighted by Gasteiger charge is 2.51. The largest absolute Gasteiger partial charge is 0.508 e. The lowest BCUT2D eigenvalue weighted by Gasteiger charge is -2.45. The second-order valence-corrected chi connectivity index (χ2v) is 11.6. The molecule has 4 N–H and O–H groups in total. The fourth-order valence-electron chi connectivity index (χ4n) is 5.69. The molecule has 6 rings (SSSR count). The van der Waals surface area contributed by atoms with Gasteiger partial charge < -0.3 is 26.0 Å². The Kier molecular flexibility index (Phi) is 7.59. The van der Waals surface area contributed by atoms with Gasteiger partial charge >= 0.3 is 6.03 Å². The van der Waals surface area contributed by atoms with E-state index in [-0.39, 0.29) is 48.8 Å². The second-order valence-electron chi connectivity index (χ2n) is 10.6. The van der Waals surface area contributed by atoms with Crippen LogP contribution in [-0.4, -0.2) is 80.1 Å². The van der Waals surface area contributed by atoms with E-state index >= 15 is 0 Å². The number of aromatic nitrogens is 1. The minimum atomic E-state index is -0.863. The Morgan fingerprint density at radius 3 is 2.60 bits per heavy atom. The summed E-state index contributed by atoms with van der Waals surface area (Å²) in [6, 6.07) is 17.6. The molecule has 1 aromatic heterocycles. The quantitative estimate of drug-likeness (QED) is 0.296. The molecule has 2 aliphatic heterocycles. The smallest absolute Gasteiger partial charge is 0.332 e. The number of fused-ring (bicyclic) bond motifs is 2. The number of rotatable bonds is 7. The molecule has 2 aliphatic rings. The van der Waals surface area contributed by atoms with Crippen LogP contribution in [0.5, 0.6) is 5.75 Å². The van der Waals surface area contributed by atoms with Crippen molar-refractivity contribution in [2.75, 3.05) is 25.9 Å². The summed E-state index contributed by atoms with van der Waals surface area (Å²) in [5.41, 5.74) is 8.59. The summed E-state index contributed by atoms with van der Waals surface area (Å²) in [4.78, 5) is 48.1. The van der Waals surface area contributed by atoms with E-state index in [4.69, 9.17) is 5.73 Å². The van der Waals surface area contributed by atoms with Crippen molar-refractivity contribution in [3.8, 4) is 5.75 Å². The molecule has 11 nitrogen and oxygen atoms in total. The molecular formula is C30H30FN7O4S. The van der Waals surface area contributed by atoms with Gasteiger partial charge in [0.15, 0.2) is 5.13 Å². The number of thiazole rings is 1. The predicted octanol–water partition coefficient (Wildman–Crippen LogP) is 2.90. The van der Waals surface area contributed by atoms with E-state index in [0.717, 1.165) is 22.5 Å². The summed E-state index contributed by atoms with van der Waals surface area (Å²) in [6.45, 7) is 0.453. The normalized spacial score (nSPS) is 18.7. The van der Waals surface area contributed by atoms with Gasteiger partial charge in [0.2, 0.25) is 11.8 Å². The van der Waals surface area contributed by atoms with Crippen LogP contribution >= 0.6 is 11.3 Å². The number of amides is 4. The summed E-state index contributed by atoms with van der Waals surface area (Å²) >= 11 is 1.04. The number of hydrogen-bond donors (Lipinski definition) is 3. The third kappa shape index (κ3) is 5.56. The molecule has 0 radical (unpaired) electrons. The van der Waals surface area contributed by atoms with E-state index < -0.39 is 24.1 Å². The van der Waals surface area contributed by atoms with E-state index in [0.29, 0.717) is 22.3 Å². The van der Waals surface area contributed by atoms with Gasteiger partial charge in [0.25, 0.3) is 0 Å². The van der Waals surface area contributed by atoms with Crippen molar-refractivity contribution in [1.29, 1.82) is 0 Å². The summed E-state index contributed by atoms with van der Waals surface area (Å²) < 4.78 is 14.8. The van der Waals surface area contributed by atoms with Crippen molar-refractivity contribution in [2.45, 2.75) is 31.7 Å². The number of urea groups is 1. The van der Waals surface area contributed by atoms with Crippen molar-refractivity contribution in [3.63, 3.8) is 0 Å². The number of benzene rings is 3. The molecule has 2 saturated heterocycles. The zero-order valence-corrected chi connectivity index (χ0v) is 24.1. The van der Waals surface area contributed by atoms with Gasteiger partial charge in [-0.1, -0.05) is 59.9 Å². The van der Waals surface area contributed by atoms with Gasteiger partial charge in [-0.05, 0) is 34.9 Å². The summed E-state index contributed by atoms with van der Waals surface area (Å²) in [7, 11) is 1.59. The summed E-state index contributed by atoms with van der Waals surface area (Å²) in [5, 5.41) is 15.9. The van der Waals surface area contributed by atoms with Crippen molar-refractivity contribution in [1.82, 2.24) is 30.1 Å². The molecule has 0 aliphatic carbocycles. The second kappa shape index (κ2) is 11.5. The zero-order chi connectivity index (χ0) is 30.2. The van der Waals surface area contributed by atoms with Crippen molar-refractivity contribution < 1.29 is 23.9 Å². The third-order valence-corrected chi connectivity index (χ3v) is 8.75. The van der Waals surface area contributed by atoms with Crippen LogP contribution in [0.4, 0.5) is 14.3 Å². The maximum Gasteiger partial charge on any atom is 0.332 e. The number of nitrogens with one attached hydrogen (secondary N) is 1. The number of hydrogen-bond acceptors (Lipinski definition) is 8. The molecule has 0 saturated carbocycles. The fourth-order valence-corrected chi connectivity index (χ4v) is 6.47. The Hall–Kier alpha value is -4.75. The summed E-state index contributed by atoms with van der Waals surface area (Å²) in [5.74, 6) is -0.907. The van der Waals surface area contributed by atoms with Crippen LogP contribution in [0, 0.1) is 5.82 Å². The SMILES string of the molecule is CN(C(=O)NCc1ccccc1)N1CC(=O)N2[C@@H](Cc3ccc(O)cc3)C(=O)N(Cc3ccc(F)c4sc(N)nc34)C[C@@H]21. The van der Waals surface area contributed by atoms with Crippen molar-refractivity contribution in [2.24, 2.45) is 0 Å². The van der Waals surface area contributed by atoms with Crippen LogP contribution in [0.2, 0.25) is 0 Å². The molecule has 13 heteroatoms. The Morgan fingerprint density at radius 1 is 1.12 bits per heavy atom. The van der Waals surface area contributed by atoms with Gasteiger partial charge in [-0.15, -0.1) is 0 Å². The number of nitrogens with zero attached hydrogens (tertiary/aromatic N) is 5. The lowest BCUT2D eigenvalue weighted by Crippen LogP contribution is -2.65. The number of nitrogen functional groups attached to an aromatic ring is 1. The van der Waals surface area contributed by atoms with Crippen LogP contribution < -0.4 is 11.1 Å². The molecule has 0 bridgehead atoms. The van der Waals surface area contributed by atoms with Gasteiger partial charge in [0.05, 0.1) is 23.3 Å². The average Bonchev–Trinajstić information content (AvgIpc) is 3.56. The molecule has 0 spiro atoms. The molecule has 4 aromatic rings. The number of phenols is 1. The first-order valence-corrected chi connectivity index (χ1v) is 14.5. The third-order valence-electron chi connectivity index (χ3n) is 7.85. The monoisotopic (exact) mass is 603 g/mol. The van der Waals surface area contributed by atoms with Crippen molar-refractivity contribution in [3.05, 3.63) is 89.2 Å². The standard InChI is InChI=1S/C30H30FN7O4S/c1-35(30(42)33-14-19-5-3-2-4-6-19)37-17-25(40)38-23(13-18-7-10-21(39)11-8-18)28(41)36(16-24(37)38)15-20-9-12-22(31)27-26(20)34-29(32)43-27/h2-12,23-24,39H,13-17H2,1H3,(H2,32,34)(H,33,42)/t23-,24+/m0/s1. The molecule has 2 atom stereocenters. The maximum atomic E-state index is 14.5. The van der Waals surface area contributed by atoms with Crippen LogP contribution in [0.25, 0.3) is 10.2 Å². The molecule has 2 fully saturated rings. The van der Waals surface area contributed by atoms with E-state index in [1.54, 1.807) is 40.1 Å². The van der Waals surface area contributed by atoms with Gasteiger partial charge in [-0.3, -0.25) is 14.6 Å². The van der Waals surface area contributed by atoms with E-state index in [2.05, 4.69) is 10.3 Å². The average molecular weight is 604 g/mol. The molecule has 3 aromatic carbocycles. The molecule has 222 valence electrons. The first-order chi connectivity index (χ1) is 20.7. The van der Waals surface area contributed by atoms with E-state index in [1.165, 1.54) is 23.2 Å². The van der Waals surface area contributed by atoms with Crippen LogP contribution in [0.1, 0.15) is 16.7 Å². The van der Waals surface area contributed by atoms with Gasteiger partial charge in [0.1, 0.15) is 23.8 Å². The number of aromatic hydroxyl groups is 1. The van der Waals surface area contributed by atoms with Gasteiger partial charge in [0, 0.05) is 26.6 Å². The van der Waals surface area contributed by atoms with Crippen LogP contribution in [0.3, 0.4) is 0 Å². The minimum absolute atomic E-state index is 0.0868. The van der Waals surface area contributed by atoms with Gasteiger partial charge in [-0.25, -0.2) is 14.2 Å². The Balaban J connectivity index is 1.29. The molecule has 4 amide bonds. The van der Waals surface area contributed by atoms with Gasteiger partial charge in [-0.2, -0.15) is 5.01 Å². The number of phenolic OH excluding ortho intramolecular Hbond substituents is 1. The minimum Gasteiger partial charge on any atom is -0.508 e. The lowest BCUT2D eigenvalue weighted by atomic mass is 9.99. The Bertz CT molecular complexity index is 1680. The van der Waals surface area contributed by atoms with Crippen LogP contribution in [0.15, 0.2) is 66.7 Å². The first kappa shape index (κ1) is 28.4.